The van der Waals surface area contributed by atoms with Gasteiger partial charge < -0.3 is 9.80 Å². The molecule has 32 heavy (non-hydrogen) atoms. The molecule has 0 radical (unpaired) electrons. The standard InChI is InChI=1S/C25H22N4O3/c1-27(23(30)18-10-12-26-13-11-18)21-8-6-17(7-9-21)15-29-24(31)22-14-19-4-2-3-5-20(19)16-28(22)25(29)32/h2-13,22H,14-16H2,1H3/t22-/m1/s1. The van der Waals surface area contributed by atoms with Crippen LogP contribution in [0.5, 0.6) is 0 Å². The highest BCUT2D eigenvalue weighted by atomic mass is 16.2. The van der Waals surface area contributed by atoms with Crippen LogP contribution in [-0.4, -0.2) is 45.7 Å². The lowest BCUT2D eigenvalue weighted by molar-refractivity contribution is -0.128. The minimum atomic E-state index is -0.430. The topological polar surface area (TPSA) is 73.8 Å². The first-order valence-corrected chi connectivity index (χ1v) is 10.5. The van der Waals surface area contributed by atoms with Gasteiger partial charge in [0.25, 0.3) is 11.8 Å². The van der Waals surface area contributed by atoms with Gasteiger partial charge in [-0.05, 0) is 41.0 Å². The minimum absolute atomic E-state index is 0.138. The number of rotatable bonds is 4. The van der Waals surface area contributed by atoms with Gasteiger partial charge in [0.15, 0.2) is 0 Å². The van der Waals surface area contributed by atoms with Gasteiger partial charge in [0, 0.05) is 43.7 Å². The number of carbonyl (C=O) groups is 3. The van der Waals surface area contributed by atoms with Crippen LogP contribution in [-0.2, 0) is 24.3 Å². The van der Waals surface area contributed by atoms with Crippen LogP contribution in [0.25, 0.3) is 0 Å². The zero-order chi connectivity index (χ0) is 22.2. The number of amides is 4. The highest BCUT2D eigenvalue weighted by Crippen LogP contribution is 2.31. The molecule has 0 bridgehead atoms. The predicted molar refractivity (Wildman–Crippen MR) is 119 cm³/mol. The summed E-state index contributed by atoms with van der Waals surface area (Å²) < 4.78 is 0. The van der Waals surface area contributed by atoms with Gasteiger partial charge in [-0.2, -0.15) is 0 Å². The van der Waals surface area contributed by atoms with E-state index in [1.165, 1.54) is 4.90 Å². The molecule has 2 aromatic carbocycles. The van der Waals surface area contributed by atoms with Crippen molar-refractivity contribution in [3.8, 4) is 0 Å². The van der Waals surface area contributed by atoms with Crippen molar-refractivity contribution in [3.05, 3.63) is 95.3 Å². The number of hydrogen-bond acceptors (Lipinski definition) is 4. The maximum Gasteiger partial charge on any atom is 0.328 e. The molecular formula is C25H22N4O3. The summed E-state index contributed by atoms with van der Waals surface area (Å²) in [7, 11) is 1.71. The van der Waals surface area contributed by atoms with E-state index in [1.807, 2.05) is 48.5 Å². The van der Waals surface area contributed by atoms with Gasteiger partial charge in [-0.3, -0.25) is 19.5 Å². The lowest BCUT2D eigenvalue weighted by atomic mass is 9.95. The van der Waals surface area contributed by atoms with Crippen LogP contribution < -0.4 is 4.90 Å². The zero-order valence-electron chi connectivity index (χ0n) is 17.6. The maximum absolute atomic E-state index is 13.0. The molecule has 2 aliphatic heterocycles. The van der Waals surface area contributed by atoms with E-state index in [4.69, 9.17) is 0 Å². The summed E-state index contributed by atoms with van der Waals surface area (Å²) in [6, 6.07) is 18.0. The molecule has 3 heterocycles. The van der Waals surface area contributed by atoms with Gasteiger partial charge >= 0.3 is 6.03 Å². The summed E-state index contributed by atoms with van der Waals surface area (Å²) in [6.45, 7) is 0.673. The van der Waals surface area contributed by atoms with Gasteiger partial charge in [0.1, 0.15) is 6.04 Å². The van der Waals surface area contributed by atoms with E-state index in [9.17, 15) is 14.4 Å². The van der Waals surface area contributed by atoms with Crippen molar-refractivity contribution >= 4 is 23.5 Å². The molecule has 0 N–H and O–H groups in total. The monoisotopic (exact) mass is 426 g/mol. The largest absolute Gasteiger partial charge is 0.328 e. The predicted octanol–water partition coefficient (Wildman–Crippen LogP) is 3.25. The normalized spacial score (nSPS) is 17.2. The van der Waals surface area contributed by atoms with Crippen LogP contribution in [0.1, 0.15) is 27.0 Å². The molecule has 1 fully saturated rings. The first-order chi connectivity index (χ1) is 15.5. The molecule has 160 valence electrons. The lowest BCUT2D eigenvalue weighted by Crippen LogP contribution is -2.39. The zero-order valence-corrected chi connectivity index (χ0v) is 17.6. The summed E-state index contributed by atoms with van der Waals surface area (Å²) in [5.41, 5.74) is 4.33. The molecule has 1 atom stereocenters. The molecule has 4 amide bonds. The van der Waals surface area contributed by atoms with Crippen LogP contribution in [0.3, 0.4) is 0 Å². The summed E-state index contributed by atoms with van der Waals surface area (Å²) in [5.74, 6) is -0.292. The average molecular weight is 426 g/mol. The van der Waals surface area contributed by atoms with Crippen molar-refractivity contribution < 1.29 is 14.4 Å². The van der Waals surface area contributed by atoms with Crippen LogP contribution >= 0.6 is 0 Å². The van der Waals surface area contributed by atoms with Crippen molar-refractivity contribution in [1.29, 1.82) is 0 Å². The molecule has 7 nitrogen and oxygen atoms in total. The van der Waals surface area contributed by atoms with E-state index >= 15 is 0 Å². The van der Waals surface area contributed by atoms with E-state index in [2.05, 4.69) is 4.98 Å². The second-order valence-corrected chi connectivity index (χ2v) is 8.09. The molecule has 0 saturated carbocycles. The van der Waals surface area contributed by atoms with Crippen LogP contribution in [0, 0.1) is 0 Å². The number of benzene rings is 2. The Morgan fingerprint density at radius 2 is 1.69 bits per heavy atom. The number of fused-ring (bicyclic) bond motifs is 2. The van der Waals surface area contributed by atoms with Crippen LogP contribution in [0.15, 0.2) is 73.1 Å². The van der Waals surface area contributed by atoms with E-state index in [1.54, 1.807) is 41.4 Å². The Balaban J connectivity index is 1.29. The molecule has 1 saturated heterocycles. The highest BCUT2D eigenvalue weighted by Gasteiger charge is 2.46. The summed E-state index contributed by atoms with van der Waals surface area (Å²) >= 11 is 0. The third-order valence-electron chi connectivity index (χ3n) is 6.17. The van der Waals surface area contributed by atoms with E-state index in [0.717, 1.165) is 22.4 Å². The Morgan fingerprint density at radius 1 is 1.00 bits per heavy atom. The molecule has 0 aliphatic carbocycles. The van der Waals surface area contributed by atoms with Gasteiger partial charge in [0.2, 0.25) is 0 Å². The Morgan fingerprint density at radius 3 is 2.41 bits per heavy atom. The summed E-state index contributed by atoms with van der Waals surface area (Å²) in [4.78, 5) is 47.1. The second kappa shape index (κ2) is 7.92. The Kier molecular flexibility index (Phi) is 4.93. The van der Waals surface area contributed by atoms with Crippen LogP contribution in [0.2, 0.25) is 0 Å². The smallest absolute Gasteiger partial charge is 0.311 e. The van der Waals surface area contributed by atoms with Crippen molar-refractivity contribution in [2.45, 2.75) is 25.6 Å². The van der Waals surface area contributed by atoms with Crippen molar-refractivity contribution in [1.82, 2.24) is 14.8 Å². The van der Waals surface area contributed by atoms with Crippen molar-refractivity contribution in [2.24, 2.45) is 0 Å². The summed E-state index contributed by atoms with van der Waals surface area (Å²) in [5, 5.41) is 0. The Hall–Kier alpha value is -4.00. The minimum Gasteiger partial charge on any atom is -0.311 e. The Bertz CT molecular complexity index is 1150. The molecule has 3 aromatic rings. The first kappa shape index (κ1) is 19.9. The Labute approximate surface area is 185 Å². The molecule has 5 rings (SSSR count). The molecular weight excluding hydrogens is 404 g/mol. The highest BCUT2D eigenvalue weighted by molar-refractivity contribution is 6.06. The van der Waals surface area contributed by atoms with Crippen molar-refractivity contribution in [3.63, 3.8) is 0 Å². The number of anilines is 1. The molecule has 2 aliphatic rings. The maximum atomic E-state index is 13.0. The third kappa shape index (κ3) is 3.41. The quantitative estimate of drug-likeness (QED) is 0.601. The molecule has 7 heteroatoms. The van der Waals surface area contributed by atoms with Gasteiger partial charge in [-0.25, -0.2) is 4.79 Å². The van der Waals surface area contributed by atoms with E-state index < -0.39 is 6.04 Å². The van der Waals surface area contributed by atoms with Crippen LogP contribution in [0.4, 0.5) is 10.5 Å². The van der Waals surface area contributed by atoms with Crippen molar-refractivity contribution in [2.75, 3.05) is 11.9 Å². The molecule has 0 spiro atoms. The molecule has 0 unspecified atom stereocenters. The second-order valence-electron chi connectivity index (χ2n) is 8.09. The third-order valence-corrected chi connectivity index (χ3v) is 6.17. The van der Waals surface area contributed by atoms with Gasteiger partial charge in [-0.1, -0.05) is 36.4 Å². The fourth-order valence-corrected chi connectivity index (χ4v) is 4.33. The number of nitrogens with zero attached hydrogens (tertiary/aromatic N) is 4. The van der Waals surface area contributed by atoms with Gasteiger partial charge in [0.05, 0.1) is 6.54 Å². The van der Waals surface area contributed by atoms with Gasteiger partial charge in [-0.15, -0.1) is 0 Å². The SMILES string of the molecule is CN(C(=O)c1ccncc1)c1ccc(CN2C(=O)[C@H]3Cc4ccccc4CN3C2=O)cc1. The number of urea groups is 1. The van der Waals surface area contributed by atoms with E-state index in [0.29, 0.717) is 18.5 Å². The lowest BCUT2D eigenvalue weighted by Gasteiger charge is -2.28. The first-order valence-electron chi connectivity index (χ1n) is 10.5. The summed E-state index contributed by atoms with van der Waals surface area (Å²) in [6.07, 6.45) is 3.72. The molecule has 1 aromatic heterocycles. The number of hydrogen-bond donors (Lipinski definition) is 0. The fraction of sp³-hybridized carbons (Fsp3) is 0.200. The fourth-order valence-electron chi connectivity index (χ4n) is 4.33. The number of imide groups is 1. The average Bonchev–Trinajstić information content (AvgIpc) is 3.07. The van der Waals surface area contributed by atoms with E-state index in [-0.39, 0.29) is 24.4 Å². The number of pyridine rings is 1. The number of aromatic nitrogens is 1. The number of carbonyl (C=O) groups excluding carboxylic acids is 3.